The van der Waals surface area contributed by atoms with Gasteiger partial charge in [-0.1, -0.05) is 78.1 Å². The van der Waals surface area contributed by atoms with Gasteiger partial charge in [0.2, 0.25) is 0 Å². The second-order valence-electron chi connectivity index (χ2n) is 8.67. The predicted octanol–water partition coefficient (Wildman–Crippen LogP) is 4.00. The van der Waals surface area contributed by atoms with Crippen molar-refractivity contribution >= 4 is 23.4 Å². The molecule has 8 heteroatoms. The zero-order valence-electron chi connectivity index (χ0n) is 21.2. The lowest BCUT2D eigenvalue weighted by atomic mass is 9.96. The molecule has 1 atom stereocenters. The molecular formula is C30H26N2O5S. The van der Waals surface area contributed by atoms with E-state index in [1.54, 1.807) is 24.7 Å². The van der Waals surface area contributed by atoms with E-state index in [1.807, 2.05) is 78.9 Å². The third kappa shape index (κ3) is 4.90. The van der Waals surface area contributed by atoms with E-state index in [0.717, 1.165) is 16.7 Å². The first-order valence-corrected chi connectivity index (χ1v) is 12.8. The lowest BCUT2D eigenvalue weighted by Gasteiger charge is -2.24. The molecule has 0 spiro atoms. The zero-order chi connectivity index (χ0) is 26.6. The molecule has 0 radical (unpaired) electrons. The number of fused-ring (bicyclic) bond motifs is 1. The zero-order valence-corrected chi connectivity index (χ0v) is 22.0. The van der Waals surface area contributed by atoms with Gasteiger partial charge in [-0.2, -0.15) is 0 Å². The Hall–Kier alpha value is -4.43. The molecule has 0 amide bonds. The highest BCUT2D eigenvalue weighted by molar-refractivity contribution is 7.07. The van der Waals surface area contributed by atoms with Gasteiger partial charge in [0, 0.05) is 0 Å². The third-order valence-corrected chi connectivity index (χ3v) is 7.25. The number of rotatable bonds is 7. The lowest BCUT2D eigenvalue weighted by Crippen LogP contribution is -2.39. The van der Waals surface area contributed by atoms with Crippen LogP contribution >= 0.6 is 11.3 Å². The highest BCUT2D eigenvalue weighted by Gasteiger charge is 2.32. The van der Waals surface area contributed by atoms with E-state index in [1.165, 1.54) is 18.4 Å². The summed E-state index contributed by atoms with van der Waals surface area (Å²) in [5, 5.41) is 0. The Labute approximate surface area is 223 Å². The molecule has 0 N–H and O–H groups in total. The van der Waals surface area contributed by atoms with Gasteiger partial charge in [-0.25, -0.2) is 9.79 Å². The largest absolute Gasteiger partial charge is 0.493 e. The average molecular weight is 527 g/mol. The molecular weight excluding hydrogens is 500 g/mol. The van der Waals surface area contributed by atoms with Crippen LogP contribution in [0.4, 0.5) is 0 Å². The van der Waals surface area contributed by atoms with Gasteiger partial charge < -0.3 is 14.2 Å². The van der Waals surface area contributed by atoms with Crippen molar-refractivity contribution in [2.75, 3.05) is 14.2 Å². The first-order valence-electron chi connectivity index (χ1n) is 12.0. The van der Waals surface area contributed by atoms with Crippen LogP contribution in [-0.4, -0.2) is 24.8 Å². The number of hydrogen-bond acceptors (Lipinski definition) is 7. The van der Waals surface area contributed by atoms with Gasteiger partial charge in [0.15, 0.2) is 16.3 Å². The van der Waals surface area contributed by atoms with E-state index < -0.39 is 12.0 Å². The van der Waals surface area contributed by atoms with E-state index in [-0.39, 0.29) is 5.56 Å². The Kier molecular flexibility index (Phi) is 7.24. The summed E-state index contributed by atoms with van der Waals surface area (Å²) in [7, 11) is 2.91. The fourth-order valence-corrected chi connectivity index (χ4v) is 5.47. The van der Waals surface area contributed by atoms with E-state index in [4.69, 9.17) is 14.2 Å². The van der Waals surface area contributed by atoms with Crippen molar-refractivity contribution in [3.05, 3.63) is 127 Å². The number of carbonyl (C=O) groups excluding carboxylic acids is 1. The Morgan fingerprint density at radius 1 is 1.00 bits per heavy atom. The van der Waals surface area contributed by atoms with Crippen LogP contribution in [0.25, 0.3) is 6.08 Å². The summed E-state index contributed by atoms with van der Waals surface area (Å²) in [6.45, 7) is 2.18. The van der Waals surface area contributed by atoms with Crippen LogP contribution in [-0.2, 0) is 16.1 Å². The molecule has 0 unspecified atom stereocenters. The number of ether oxygens (including phenoxy) is 3. The van der Waals surface area contributed by atoms with Crippen LogP contribution in [0.5, 0.6) is 11.5 Å². The second-order valence-corrected chi connectivity index (χ2v) is 9.68. The van der Waals surface area contributed by atoms with E-state index in [2.05, 4.69) is 4.99 Å². The van der Waals surface area contributed by atoms with Crippen molar-refractivity contribution in [1.29, 1.82) is 0 Å². The summed E-state index contributed by atoms with van der Waals surface area (Å²) in [4.78, 5) is 31.6. The normalized spacial score (nSPS) is 15.0. The van der Waals surface area contributed by atoms with Crippen LogP contribution < -0.4 is 24.4 Å². The fourth-order valence-electron chi connectivity index (χ4n) is 4.42. The number of carbonyl (C=O) groups is 1. The van der Waals surface area contributed by atoms with Gasteiger partial charge in [-0.3, -0.25) is 9.36 Å². The SMILES string of the molecule is COC(=O)C1=C(C)N=c2s/c(=C\c3ccc(OCc4ccccc4)c(OC)c3)c(=O)n2[C@@H]1c1ccccc1. The van der Waals surface area contributed by atoms with Gasteiger partial charge >= 0.3 is 5.97 Å². The Morgan fingerprint density at radius 3 is 2.39 bits per heavy atom. The quantitative estimate of drug-likeness (QED) is 0.340. The standard InChI is InChI=1S/C30H26N2O5S/c1-19-26(29(34)36-3)27(22-12-8-5-9-13-22)32-28(33)25(38-30(32)31-19)17-21-14-15-23(24(16-21)35-2)37-18-20-10-6-4-7-11-20/h4-17,27H,18H2,1-3H3/b25-17-/t27-/m1/s1. The summed E-state index contributed by atoms with van der Waals surface area (Å²) < 4.78 is 18.6. The number of hydrogen-bond donors (Lipinski definition) is 0. The highest BCUT2D eigenvalue weighted by atomic mass is 32.1. The molecule has 38 heavy (non-hydrogen) atoms. The monoisotopic (exact) mass is 526 g/mol. The molecule has 1 aliphatic heterocycles. The summed E-state index contributed by atoms with van der Waals surface area (Å²) in [6, 6.07) is 24.2. The predicted molar refractivity (Wildman–Crippen MR) is 146 cm³/mol. The molecule has 2 heterocycles. The van der Waals surface area contributed by atoms with Crippen LogP contribution in [0.1, 0.15) is 29.7 Å². The number of allylic oxidation sites excluding steroid dienone is 1. The van der Waals surface area contributed by atoms with Crippen molar-refractivity contribution in [1.82, 2.24) is 4.57 Å². The molecule has 4 aromatic rings. The molecule has 1 aromatic heterocycles. The molecule has 7 nitrogen and oxygen atoms in total. The lowest BCUT2D eigenvalue weighted by molar-refractivity contribution is -0.136. The topological polar surface area (TPSA) is 79.1 Å². The minimum absolute atomic E-state index is 0.236. The Bertz CT molecular complexity index is 1690. The minimum Gasteiger partial charge on any atom is -0.493 e. The van der Waals surface area contributed by atoms with Crippen LogP contribution in [0, 0.1) is 0 Å². The van der Waals surface area contributed by atoms with Crippen LogP contribution in [0.2, 0.25) is 0 Å². The van der Waals surface area contributed by atoms with Gasteiger partial charge in [-0.05, 0) is 41.8 Å². The molecule has 192 valence electrons. The maximum Gasteiger partial charge on any atom is 0.338 e. The molecule has 3 aromatic carbocycles. The Morgan fingerprint density at radius 2 is 1.71 bits per heavy atom. The first-order chi connectivity index (χ1) is 18.5. The van der Waals surface area contributed by atoms with Crippen molar-refractivity contribution in [2.45, 2.75) is 19.6 Å². The molecule has 0 bridgehead atoms. The van der Waals surface area contributed by atoms with Crippen LogP contribution in [0.3, 0.4) is 0 Å². The van der Waals surface area contributed by atoms with Crippen molar-refractivity contribution < 1.29 is 19.0 Å². The summed E-state index contributed by atoms with van der Waals surface area (Å²) in [6.07, 6.45) is 1.80. The molecule has 0 saturated carbocycles. The average Bonchev–Trinajstić information content (AvgIpc) is 3.25. The summed E-state index contributed by atoms with van der Waals surface area (Å²) >= 11 is 1.28. The Balaban J connectivity index is 1.55. The van der Waals surface area contributed by atoms with Gasteiger partial charge in [0.1, 0.15) is 6.61 Å². The van der Waals surface area contributed by atoms with E-state index >= 15 is 0 Å². The van der Waals surface area contributed by atoms with E-state index in [0.29, 0.717) is 38.7 Å². The first kappa shape index (κ1) is 25.2. The highest BCUT2D eigenvalue weighted by Crippen LogP contribution is 2.31. The summed E-state index contributed by atoms with van der Waals surface area (Å²) in [5.74, 6) is 0.663. The fraction of sp³-hybridized carbons (Fsp3) is 0.167. The van der Waals surface area contributed by atoms with Crippen molar-refractivity contribution in [3.8, 4) is 11.5 Å². The molecule has 0 aliphatic carbocycles. The molecule has 5 rings (SSSR count). The number of benzene rings is 3. The number of thiazole rings is 1. The second kappa shape index (κ2) is 10.9. The maximum atomic E-state index is 13.7. The maximum absolute atomic E-state index is 13.7. The number of esters is 1. The van der Waals surface area contributed by atoms with Gasteiger partial charge in [0.25, 0.3) is 5.56 Å². The van der Waals surface area contributed by atoms with Crippen LogP contribution in [0.15, 0.2) is 99.9 Å². The number of nitrogens with zero attached hydrogens (tertiary/aromatic N) is 2. The van der Waals surface area contributed by atoms with E-state index in [9.17, 15) is 9.59 Å². The van der Waals surface area contributed by atoms with Gasteiger partial charge in [-0.15, -0.1) is 0 Å². The number of methoxy groups -OCH3 is 2. The molecule has 0 fully saturated rings. The smallest absolute Gasteiger partial charge is 0.338 e. The molecule has 0 saturated heterocycles. The third-order valence-electron chi connectivity index (χ3n) is 6.26. The van der Waals surface area contributed by atoms with Gasteiger partial charge in [0.05, 0.1) is 36.1 Å². The van der Waals surface area contributed by atoms with Crippen molar-refractivity contribution in [3.63, 3.8) is 0 Å². The molecule has 1 aliphatic rings. The summed E-state index contributed by atoms with van der Waals surface area (Å²) in [5.41, 5.74) is 3.27. The number of aromatic nitrogens is 1. The van der Waals surface area contributed by atoms with Crippen molar-refractivity contribution in [2.24, 2.45) is 4.99 Å². The minimum atomic E-state index is -0.634.